The van der Waals surface area contributed by atoms with Crippen molar-refractivity contribution in [2.24, 2.45) is 0 Å². The Bertz CT molecular complexity index is 4290. The zero-order valence-electron chi connectivity index (χ0n) is 37.0. The molecule has 69 heavy (non-hydrogen) atoms. The van der Waals surface area contributed by atoms with Crippen LogP contribution in [0.3, 0.4) is 0 Å². The third-order valence-electron chi connectivity index (χ3n) is 13.5. The predicted octanol–water partition coefficient (Wildman–Crippen LogP) is 16.8. The van der Waals surface area contributed by atoms with E-state index in [1.165, 1.54) is 21.9 Å². The molecule has 4 aromatic heterocycles. The van der Waals surface area contributed by atoms with Crippen molar-refractivity contribution < 1.29 is 8.83 Å². The number of rotatable bonds is 7. The minimum atomic E-state index is 0.567. The second-order valence-electron chi connectivity index (χ2n) is 17.5. The van der Waals surface area contributed by atoms with Gasteiger partial charge in [-0.3, -0.25) is 0 Å². The van der Waals surface area contributed by atoms with Crippen molar-refractivity contribution in [3.05, 3.63) is 231 Å². The molecule has 0 fully saturated rings. The zero-order chi connectivity index (χ0) is 45.4. The summed E-state index contributed by atoms with van der Waals surface area (Å²) in [5.74, 6) is 1.76. The summed E-state index contributed by atoms with van der Waals surface area (Å²) in [5.41, 5.74) is 15.6. The highest BCUT2D eigenvalue weighted by molar-refractivity contribution is 6.18. The number of aromatic nitrogens is 4. The predicted molar refractivity (Wildman–Crippen MR) is 281 cm³/mol. The fraction of sp³-hybridized carbons (Fsp3) is 0. The van der Waals surface area contributed by atoms with E-state index in [0.29, 0.717) is 17.5 Å². The van der Waals surface area contributed by atoms with Crippen molar-refractivity contribution in [1.82, 2.24) is 19.5 Å². The normalized spacial score (nSPS) is 11.8. The van der Waals surface area contributed by atoms with E-state index in [1.807, 2.05) is 60.7 Å². The molecule has 0 saturated heterocycles. The van der Waals surface area contributed by atoms with Crippen LogP contribution in [-0.4, -0.2) is 19.5 Å². The molecule has 14 rings (SSSR count). The van der Waals surface area contributed by atoms with E-state index in [0.717, 1.165) is 99.5 Å². The Morgan fingerprint density at radius 1 is 0.290 bits per heavy atom. The summed E-state index contributed by atoms with van der Waals surface area (Å²) in [6, 6.07) is 80.3. The molecule has 4 heterocycles. The van der Waals surface area contributed by atoms with Gasteiger partial charge >= 0.3 is 0 Å². The summed E-state index contributed by atoms with van der Waals surface area (Å²) in [4.78, 5) is 15.4. The molecule has 0 N–H and O–H groups in total. The Kier molecular flexibility index (Phi) is 8.79. The lowest BCUT2D eigenvalue weighted by Crippen LogP contribution is -2.00. The molecule has 10 aromatic carbocycles. The monoisotopic (exact) mass is 882 g/mol. The third kappa shape index (κ3) is 6.38. The fourth-order valence-electron chi connectivity index (χ4n) is 10.3. The summed E-state index contributed by atoms with van der Waals surface area (Å²) >= 11 is 0. The van der Waals surface area contributed by atoms with Crippen molar-refractivity contribution >= 4 is 65.7 Å². The van der Waals surface area contributed by atoms with E-state index in [2.05, 4.69) is 174 Å². The van der Waals surface area contributed by atoms with E-state index in [9.17, 15) is 0 Å². The van der Waals surface area contributed by atoms with Gasteiger partial charge in [-0.1, -0.05) is 188 Å². The lowest BCUT2D eigenvalue weighted by atomic mass is 9.98. The summed E-state index contributed by atoms with van der Waals surface area (Å²) in [6.07, 6.45) is 0. The number of para-hydroxylation sites is 3. The Hall–Kier alpha value is -9.39. The van der Waals surface area contributed by atoms with Gasteiger partial charge in [0, 0.05) is 49.2 Å². The maximum Gasteiger partial charge on any atom is 0.164 e. The first-order valence-corrected chi connectivity index (χ1v) is 23.2. The minimum Gasteiger partial charge on any atom is -0.456 e. The topological polar surface area (TPSA) is 69.9 Å². The molecule has 0 amide bonds. The van der Waals surface area contributed by atoms with Crippen LogP contribution in [0, 0.1) is 0 Å². The van der Waals surface area contributed by atoms with E-state index in [1.54, 1.807) is 0 Å². The van der Waals surface area contributed by atoms with Crippen LogP contribution in [0.4, 0.5) is 0 Å². The second-order valence-corrected chi connectivity index (χ2v) is 17.5. The summed E-state index contributed by atoms with van der Waals surface area (Å²) in [5, 5.41) is 6.39. The lowest BCUT2D eigenvalue weighted by Gasteiger charge is -2.13. The van der Waals surface area contributed by atoms with Gasteiger partial charge in [-0.2, -0.15) is 0 Å². The van der Waals surface area contributed by atoms with Crippen molar-refractivity contribution in [2.45, 2.75) is 0 Å². The van der Waals surface area contributed by atoms with Crippen molar-refractivity contribution in [2.75, 3.05) is 0 Å². The van der Waals surface area contributed by atoms with Gasteiger partial charge in [0.25, 0.3) is 0 Å². The summed E-state index contributed by atoms with van der Waals surface area (Å²) < 4.78 is 16.1. The van der Waals surface area contributed by atoms with Crippen LogP contribution in [0.15, 0.2) is 239 Å². The van der Waals surface area contributed by atoms with Crippen LogP contribution in [0.25, 0.3) is 139 Å². The highest BCUT2D eigenvalue weighted by Gasteiger charge is 2.23. The molecule has 0 atom stereocenters. The highest BCUT2D eigenvalue weighted by Crippen LogP contribution is 2.45. The Balaban J connectivity index is 0.968. The average Bonchev–Trinajstić information content (AvgIpc) is 4.11. The summed E-state index contributed by atoms with van der Waals surface area (Å²) in [7, 11) is 0. The van der Waals surface area contributed by atoms with Crippen molar-refractivity contribution in [3.8, 4) is 73.2 Å². The van der Waals surface area contributed by atoms with Gasteiger partial charge in [-0.25, -0.2) is 15.0 Å². The number of hydrogen-bond acceptors (Lipinski definition) is 5. The van der Waals surface area contributed by atoms with Gasteiger partial charge in [0.15, 0.2) is 17.5 Å². The number of benzene rings is 10. The quantitative estimate of drug-likeness (QED) is 0.159. The Labute approximate surface area is 396 Å². The molecule has 6 heteroatoms. The molecule has 0 aliphatic carbocycles. The molecule has 14 aromatic rings. The van der Waals surface area contributed by atoms with Crippen molar-refractivity contribution in [3.63, 3.8) is 0 Å². The van der Waals surface area contributed by atoms with E-state index < -0.39 is 0 Å². The average molecular weight is 883 g/mol. The van der Waals surface area contributed by atoms with Gasteiger partial charge in [0.05, 0.1) is 22.1 Å². The number of furan rings is 2. The van der Waals surface area contributed by atoms with Gasteiger partial charge in [0.1, 0.15) is 22.3 Å². The molecule has 0 unspecified atom stereocenters. The van der Waals surface area contributed by atoms with Gasteiger partial charge in [0.2, 0.25) is 0 Å². The minimum absolute atomic E-state index is 0.567. The molecule has 0 radical (unpaired) electrons. The molecular formula is C63H38N4O2. The second kappa shape index (κ2) is 15.6. The van der Waals surface area contributed by atoms with E-state index >= 15 is 0 Å². The molecule has 0 spiro atoms. The Morgan fingerprint density at radius 3 is 1.59 bits per heavy atom. The summed E-state index contributed by atoms with van der Waals surface area (Å²) in [6.45, 7) is 0. The van der Waals surface area contributed by atoms with Crippen LogP contribution < -0.4 is 0 Å². The largest absolute Gasteiger partial charge is 0.456 e. The van der Waals surface area contributed by atoms with Gasteiger partial charge in [-0.05, 0) is 70.3 Å². The number of fused-ring (bicyclic) bond motifs is 9. The Morgan fingerprint density at radius 2 is 0.826 bits per heavy atom. The molecule has 322 valence electrons. The van der Waals surface area contributed by atoms with Gasteiger partial charge < -0.3 is 13.4 Å². The van der Waals surface area contributed by atoms with Crippen LogP contribution in [0.1, 0.15) is 0 Å². The molecule has 0 saturated carbocycles. The SMILES string of the molecule is c1ccc(-c2ccc(-c3nc(-c4ccccc4)nc(-c4cccc5oc6c(-c7cc(-n8c9ccccc9c9cc(-c%10ccccc%10)ccc98)c8c(c7)oc7ccccc78)cccc6c45)n3)cc2)cc1. The first kappa shape index (κ1) is 38.8. The molecular weight excluding hydrogens is 845 g/mol. The van der Waals surface area contributed by atoms with E-state index in [-0.39, 0.29) is 0 Å². The molecule has 0 aliphatic rings. The standard InChI is InChI=1S/C63H38N4O2/c1-4-16-39(17-5-1)41-30-32-43(33-31-41)62-64-61(42-20-8-3-9-21-42)65-63(66-62)50-26-15-29-56-58(50)49-25-14-24-46(60(49)69-56)45-37-54(59-48-23-11-13-28-55(48)68-57(59)38-45)67-52-27-12-10-22-47(52)51-36-44(34-35-53(51)67)40-18-6-2-7-19-40/h1-38H. The maximum atomic E-state index is 6.97. The lowest BCUT2D eigenvalue weighted by molar-refractivity contribution is 0.668. The first-order chi connectivity index (χ1) is 34.2. The van der Waals surface area contributed by atoms with Crippen LogP contribution in [-0.2, 0) is 0 Å². The smallest absolute Gasteiger partial charge is 0.164 e. The van der Waals surface area contributed by atoms with Crippen molar-refractivity contribution in [1.29, 1.82) is 0 Å². The molecule has 0 aliphatic heterocycles. The van der Waals surface area contributed by atoms with Crippen LogP contribution in [0.5, 0.6) is 0 Å². The molecule has 6 nitrogen and oxygen atoms in total. The van der Waals surface area contributed by atoms with Gasteiger partial charge in [-0.15, -0.1) is 0 Å². The van der Waals surface area contributed by atoms with Crippen LogP contribution >= 0.6 is 0 Å². The van der Waals surface area contributed by atoms with E-state index in [4.69, 9.17) is 23.8 Å². The number of nitrogens with zero attached hydrogens (tertiary/aromatic N) is 4. The number of hydrogen-bond donors (Lipinski definition) is 0. The molecule has 0 bridgehead atoms. The first-order valence-electron chi connectivity index (χ1n) is 23.2. The van der Waals surface area contributed by atoms with Crippen LogP contribution in [0.2, 0.25) is 0 Å². The maximum absolute atomic E-state index is 6.97. The highest BCUT2D eigenvalue weighted by atomic mass is 16.3. The zero-order valence-corrected chi connectivity index (χ0v) is 37.0. The third-order valence-corrected chi connectivity index (χ3v) is 13.5. The fourth-order valence-corrected chi connectivity index (χ4v) is 10.3.